The number of benzene rings is 2. The van der Waals surface area contributed by atoms with E-state index in [-0.39, 0.29) is 43.7 Å². The summed E-state index contributed by atoms with van der Waals surface area (Å²) in [4.78, 5) is 45.7. The standard InChI is InChI=1S/C32H37FN6O6/c1-43-27-4-2-20-3-5-30(40)35-16-21-12-22(33)15-23(13-21)45-26-7-10-39(17-24(26)37-31(41)19-44-28(27)14-20)32(42)25-18-38-11-9-34-8-6-29(38)36-25/h2,4,12-15,18,24,26,34H,3,5-11,16-17,19H2,1H3,(H,35,40)(H,37,41)/t24-,26-/m1/s1. The van der Waals surface area contributed by atoms with Crippen LogP contribution in [0.15, 0.2) is 42.6 Å². The molecule has 2 atom stereocenters. The van der Waals surface area contributed by atoms with Crippen LogP contribution < -0.4 is 30.2 Å². The predicted molar refractivity (Wildman–Crippen MR) is 161 cm³/mol. The molecule has 6 rings (SSSR count). The second kappa shape index (κ2) is 13.6. The van der Waals surface area contributed by atoms with E-state index in [0.29, 0.717) is 42.1 Å². The van der Waals surface area contributed by atoms with E-state index in [1.807, 2.05) is 10.6 Å². The third-order valence-electron chi connectivity index (χ3n) is 8.25. The number of ether oxygens (including phenoxy) is 3. The number of rotatable bonds is 2. The highest BCUT2D eigenvalue weighted by molar-refractivity contribution is 5.92. The largest absolute Gasteiger partial charge is 0.493 e. The summed E-state index contributed by atoms with van der Waals surface area (Å²) in [7, 11) is 1.51. The van der Waals surface area contributed by atoms with Crippen molar-refractivity contribution in [1.82, 2.24) is 30.4 Å². The van der Waals surface area contributed by atoms with Crippen molar-refractivity contribution < 1.29 is 33.0 Å². The smallest absolute Gasteiger partial charge is 0.274 e. The molecule has 3 aliphatic rings. The molecule has 0 saturated carbocycles. The van der Waals surface area contributed by atoms with Gasteiger partial charge in [-0.1, -0.05) is 6.07 Å². The number of aromatic nitrogens is 2. The summed E-state index contributed by atoms with van der Waals surface area (Å²) < 4.78 is 34.2. The number of fused-ring (bicyclic) bond motifs is 6. The molecule has 3 N–H and O–H groups in total. The van der Waals surface area contributed by atoms with Gasteiger partial charge >= 0.3 is 0 Å². The zero-order chi connectivity index (χ0) is 31.3. The van der Waals surface area contributed by atoms with Crippen molar-refractivity contribution in [3.63, 3.8) is 0 Å². The molecule has 0 aliphatic carbocycles. The zero-order valence-corrected chi connectivity index (χ0v) is 25.1. The Morgan fingerprint density at radius 1 is 1.04 bits per heavy atom. The molecular formula is C32H37FN6O6. The van der Waals surface area contributed by atoms with Gasteiger partial charge in [0.05, 0.1) is 13.2 Å². The lowest BCUT2D eigenvalue weighted by atomic mass is 10.0. The van der Waals surface area contributed by atoms with Crippen molar-refractivity contribution in [3.05, 3.63) is 71.1 Å². The third kappa shape index (κ3) is 7.36. The van der Waals surface area contributed by atoms with Crippen LogP contribution in [0.25, 0.3) is 0 Å². The molecule has 3 aromatic rings. The molecule has 0 spiro atoms. The molecular weight excluding hydrogens is 583 g/mol. The fourth-order valence-electron chi connectivity index (χ4n) is 5.93. The highest BCUT2D eigenvalue weighted by Crippen LogP contribution is 2.29. The second-order valence-corrected chi connectivity index (χ2v) is 11.5. The van der Waals surface area contributed by atoms with Crippen LogP contribution in [0.5, 0.6) is 17.2 Å². The van der Waals surface area contributed by atoms with E-state index in [0.717, 1.165) is 37.4 Å². The number of hydrogen-bond donors (Lipinski definition) is 3. The highest BCUT2D eigenvalue weighted by atomic mass is 19.1. The van der Waals surface area contributed by atoms with E-state index in [9.17, 15) is 18.8 Å². The van der Waals surface area contributed by atoms with Gasteiger partial charge in [0.25, 0.3) is 11.8 Å². The Labute approximate surface area is 260 Å². The minimum Gasteiger partial charge on any atom is -0.493 e. The number of piperidine rings is 1. The molecule has 0 unspecified atom stereocenters. The van der Waals surface area contributed by atoms with Crippen molar-refractivity contribution in [2.24, 2.45) is 0 Å². The maximum absolute atomic E-state index is 14.6. The second-order valence-electron chi connectivity index (χ2n) is 11.5. The van der Waals surface area contributed by atoms with Gasteiger partial charge in [0, 0.05) is 70.8 Å². The van der Waals surface area contributed by atoms with E-state index < -0.39 is 23.9 Å². The fraction of sp³-hybridized carbons (Fsp3) is 0.438. The number of amides is 3. The summed E-state index contributed by atoms with van der Waals surface area (Å²) in [6, 6.07) is 8.98. The van der Waals surface area contributed by atoms with Crippen LogP contribution in [-0.4, -0.2) is 84.2 Å². The van der Waals surface area contributed by atoms with E-state index in [1.54, 1.807) is 29.3 Å². The van der Waals surface area contributed by atoms with Gasteiger partial charge in [-0.2, -0.15) is 0 Å². The molecule has 2 aromatic carbocycles. The van der Waals surface area contributed by atoms with Crippen molar-refractivity contribution in [2.75, 3.05) is 39.9 Å². The summed E-state index contributed by atoms with van der Waals surface area (Å²) >= 11 is 0. The molecule has 3 amide bonds. The number of aryl methyl sites for hydroxylation is 1. The monoisotopic (exact) mass is 620 g/mol. The molecule has 1 aromatic heterocycles. The van der Waals surface area contributed by atoms with Crippen molar-refractivity contribution in [1.29, 1.82) is 0 Å². The van der Waals surface area contributed by atoms with Gasteiger partial charge in [0.2, 0.25) is 5.91 Å². The average molecular weight is 621 g/mol. The molecule has 45 heavy (non-hydrogen) atoms. The Balaban J connectivity index is 1.25. The number of carbonyl (C=O) groups excluding carboxylic acids is 3. The van der Waals surface area contributed by atoms with Gasteiger partial charge in [-0.25, -0.2) is 9.37 Å². The summed E-state index contributed by atoms with van der Waals surface area (Å²) in [5.74, 6) is 0.620. The van der Waals surface area contributed by atoms with E-state index in [4.69, 9.17) is 14.2 Å². The number of methoxy groups -OCH3 is 1. The van der Waals surface area contributed by atoms with Crippen LogP contribution in [0, 0.1) is 5.82 Å². The Morgan fingerprint density at radius 3 is 2.80 bits per heavy atom. The molecule has 238 valence electrons. The van der Waals surface area contributed by atoms with Gasteiger partial charge in [0.1, 0.15) is 29.2 Å². The number of halogens is 1. The topological polar surface area (TPSA) is 136 Å². The minimum absolute atomic E-state index is 0.127. The molecule has 4 heterocycles. The predicted octanol–water partition coefficient (Wildman–Crippen LogP) is 1.60. The van der Waals surface area contributed by atoms with Crippen LogP contribution in [0.1, 0.15) is 40.3 Å². The normalized spacial score (nSPS) is 20.9. The Bertz CT molecular complexity index is 1550. The Morgan fingerprint density at radius 2 is 1.93 bits per heavy atom. The van der Waals surface area contributed by atoms with E-state index >= 15 is 0 Å². The van der Waals surface area contributed by atoms with Crippen LogP contribution in [-0.2, 0) is 35.5 Å². The fourth-order valence-corrected chi connectivity index (χ4v) is 5.93. The molecule has 4 bridgehead atoms. The first-order valence-electron chi connectivity index (χ1n) is 15.2. The number of imidazole rings is 1. The molecule has 13 heteroatoms. The third-order valence-corrected chi connectivity index (χ3v) is 8.25. The summed E-state index contributed by atoms with van der Waals surface area (Å²) in [6.07, 6.45) is 2.98. The van der Waals surface area contributed by atoms with Gasteiger partial charge in [-0.3, -0.25) is 14.4 Å². The lowest BCUT2D eigenvalue weighted by Gasteiger charge is -2.38. The quantitative estimate of drug-likeness (QED) is 0.393. The number of nitrogens with one attached hydrogen (secondary N) is 3. The first-order chi connectivity index (χ1) is 21.8. The molecule has 0 radical (unpaired) electrons. The van der Waals surface area contributed by atoms with E-state index in [1.165, 1.54) is 19.2 Å². The number of hydrogen-bond acceptors (Lipinski definition) is 8. The maximum atomic E-state index is 14.6. The lowest BCUT2D eigenvalue weighted by Crippen LogP contribution is -2.58. The van der Waals surface area contributed by atoms with Crippen molar-refractivity contribution in [3.8, 4) is 17.2 Å². The Hall–Kier alpha value is -4.65. The summed E-state index contributed by atoms with van der Waals surface area (Å²) in [5, 5.41) is 9.15. The van der Waals surface area contributed by atoms with Crippen LogP contribution in [0.3, 0.4) is 0 Å². The zero-order valence-electron chi connectivity index (χ0n) is 25.1. The molecule has 12 nitrogen and oxygen atoms in total. The van der Waals surface area contributed by atoms with Crippen molar-refractivity contribution in [2.45, 2.75) is 50.9 Å². The SMILES string of the molecule is COc1ccc2cc1OCC(=O)N[C@@H]1CN(C(=O)c3cn4c(n3)CCNCC4)CC[C@H]1Oc1cc(F)cc(c1)CNC(=O)CC2. The first kappa shape index (κ1) is 30.4. The van der Waals surface area contributed by atoms with Gasteiger partial charge in [0.15, 0.2) is 18.1 Å². The number of carbonyl (C=O) groups is 3. The average Bonchev–Trinajstić information content (AvgIpc) is 3.31. The van der Waals surface area contributed by atoms with Gasteiger partial charge in [-0.15, -0.1) is 0 Å². The van der Waals surface area contributed by atoms with E-state index in [2.05, 4.69) is 20.9 Å². The number of likely N-dealkylation sites (tertiary alicyclic amines) is 1. The number of nitrogens with zero attached hydrogens (tertiary/aromatic N) is 3. The minimum atomic E-state index is -0.623. The first-order valence-corrected chi connectivity index (χ1v) is 15.2. The summed E-state index contributed by atoms with van der Waals surface area (Å²) in [5.41, 5.74) is 1.74. The van der Waals surface area contributed by atoms with Crippen LogP contribution >= 0.6 is 0 Å². The van der Waals surface area contributed by atoms with Crippen LogP contribution in [0.2, 0.25) is 0 Å². The summed E-state index contributed by atoms with van der Waals surface area (Å²) in [6.45, 7) is 2.67. The van der Waals surface area contributed by atoms with Crippen LogP contribution in [0.4, 0.5) is 4.39 Å². The maximum Gasteiger partial charge on any atom is 0.274 e. The van der Waals surface area contributed by atoms with Gasteiger partial charge in [-0.05, 0) is 41.8 Å². The van der Waals surface area contributed by atoms with Crippen molar-refractivity contribution >= 4 is 17.7 Å². The molecule has 1 saturated heterocycles. The Kier molecular flexibility index (Phi) is 9.15. The molecule has 3 aliphatic heterocycles. The highest BCUT2D eigenvalue weighted by Gasteiger charge is 2.35. The molecule has 1 fully saturated rings. The lowest BCUT2D eigenvalue weighted by molar-refractivity contribution is -0.125. The van der Waals surface area contributed by atoms with Gasteiger partial charge < -0.3 is 39.6 Å².